The van der Waals surface area contributed by atoms with Crippen LogP contribution in [0.3, 0.4) is 0 Å². The van der Waals surface area contributed by atoms with E-state index in [0.717, 1.165) is 0 Å². The Balaban J connectivity index is 0. The van der Waals surface area contributed by atoms with Crippen molar-refractivity contribution in [1.29, 1.82) is 0 Å². The van der Waals surface area contributed by atoms with Crippen molar-refractivity contribution in [2.45, 2.75) is 31.7 Å². The van der Waals surface area contributed by atoms with Gasteiger partial charge < -0.3 is 15.9 Å². The Kier molecular flexibility index (Phi) is 7.37. The molecule has 0 spiro atoms. The van der Waals surface area contributed by atoms with E-state index in [1.54, 1.807) is 0 Å². The number of hydrogen-bond acceptors (Lipinski definition) is 3. The molecule has 0 radical (unpaired) electrons. The highest BCUT2D eigenvalue weighted by Crippen LogP contribution is 2.07. The van der Waals surface area contributed by atoms with Gasteiger partial charge in [-0.1, -0.05) is 0 Å². The van der Waals surface area contributed by atoms with Gasteiger partial charge in [-0.2, -0.15) is 0 Å². The van der Waals surface area contributed by atoms with Gasteiger partial charge in [-0.15, -0.1) is 11.6 Å². The van der Waals surface area contributed by atoms with Crippen LogP contribution in [-0.4, -0.2) is 33.7 Å². The lowest BCUT2D eigenvalue weighted by atomic mass is 10.3. The Morgan fingerprint density at radius 3 is 1.83 bits per heavy atom. The zero-order valence-corrected chi connectivity index (χ0v) is 8.30. The van der Waals surface area contributed by atoms with Gasteiger partial charge in [-0.05, 0) is 20.8 Å². The van der Waals surface area contributed by atoms with Gasteiger partial charge in [-0.25, -0.2) is 0 Å². The third-order valence-corrected chi connectivity index (χ3v) is 0.514. The molecule has 0 amide bonds. The predicted octanol–water partition coefficient (Wildman–Crippen LogP) is 0.414. The molecule has 0 aliphatic rings. The van der Waals surface area contributed by atoms with E-state index in [4.69, 9.17) is 27.5 Å². The average molecular weight is 198 g/mol. The molecule has 0 rings (SSSR count). The van der Waals surface area contributed by atoms with E-state index in [1.165, 1.54) is 0 Å². The first kappa shape index (κ1) is 14.2. The van der Waals surface area contributed by atoms with E-state index in [-0.39, 0.29) is 4.87 Å². The van der Waals surface area contributed by atoms with Gasteiger partial charge in [0.15, 0.2) is 0 Å². The summed E-state index contributed by atoms with van der Waals surface area (Å²) < 4.78 is 0. The van der Waals surface area contributed by atoms with Crippen molar-refractivity contribution in [3.8, 4) is 0 Å². The number of aliphatic hydroxyl groups is 1. The second kappa shape index (κ2) is 6.22. The van der Waals surface area contributed by atoms with Crippen LogP contribution in [0.15, 0.2) is 0 Å². The fraction of sp³-hybridized carbons (Fsp3) is 0.857. The molecule has 4 N–H and O–H groups in total. The zero-order valence-electron chi connectivity index (χ0n) is 7.54. The SMILES string of the molecule is CC(C)(C)Cl.N[C@@H](CO)C(=O)O. The number of carboxylic acid groups (broad SMARTS) is 1. The largest absolute Gasteiger partial charge is 0.480 e. The minimum atomic E-state index is -1.18. The molecule has 0 saturated carbocycles. The maximum Gasteiger partial charge on any atom is 0.322 e. The van der Waals surface area contributed by atoms with E-state index in [1.807, 2.05) is 20.8 Å². The van der Waals surface area contributed by atoms with E-state index in [0.29, 0.717) is 0 Å². The van der Waals surface area contributed by atoms with Crippen LogP contribution in [-0.2, 0) is 4.79 Å². The van der Waals surface area contributed by atoms with E-state index in [9.17, 15) is 4.79 Å². The lowest BCUT2D eigenvalue weighted by molar-refractivity contribution is -0.139. The normalized spacial score (nSPS) is 12.8. The summed E-state index contributed by atoms with van der Waals surface area (Å²) in [7, 11) is 0. The van der Waals surface area contributed by atoms with Gasteiger partial charge in [0, 0.05) is 4.87 Å². The molecule has 12 heavy (non-hydrogen) atoms. The summed E-state index contributed by atoms with van der Waals surface area (Å²) in [5.41, 5.74) is 4.77. The highest BCUT2D eigenvalue weighted by Gasteiger charge is 2.07. The number of nitrogens with two attached hydrogens (primary N) is 1. The molecule has 1 atom stereocenters. The van der Waals surface area contributed by atoms with Crippen LogP contribution in [0.4, 0.5) is 0 Å². The van der Waals surface area contributed by atoms with Crippen molar-refractivity contribution >= 4 is 17.6 Å². The molecule has 0 aliphatic heterocycles. The molecule has 5 heteroatoms. The average Bonchev–Trinajstić information content (AvgIpc) is 1.82. The number of rotatable bonds is 2. The summed E-state index contributed by atoms with van der Waals surface area (Å²) >= 11 is 5.53. The standard InChI is InChI=1S/C4H9Cl.C3H7NO3/c1-4(2,3)5;4-2(1-5)3(6)7/h1-3H3;2,5H,1,4H2,(H,6,7)/t;2-/m.0/s1. The Morgan fingerprint density at radius 2 is 1.83 bits per heavy atom. The van der Waals surface area contributed by atoms with Crippen molar-refractivity contribution in [2.75, 3.05) is 6.61 Å². The van der Waals surface area contributed by atoms with Crippen molar-refractivity contribution in [3.63, 3.8) is 0 Å². The second-order valence-electron chi connectivity index (χ2n) is 3.19. The van der Waals surface area contributed by atoms with Crippen LogP contribution in [0.25, 0.3) is 0 Å². The molecule has 0 aromatic carbocycles. The van der Waals surface area contributed by atoms with Crippen molar-refractivity contribution in [1.82, 2.24) is 0 Å². The minimum Gasteiger partial charge on any atom is -0.480 e. The van der Waals surface area contributed by atoms with Crippen LogP contribution >= 0.6 is 11.6 Å². The van der Waals surface area contributed by atoms with Crippen LogP contribution < -0.4 is 5.73 Å². The zero-order chi connectivity index (χ0) is 10.4. The Labute approximate surface area is 77.3 Å². The fourth-order valence-electron chi connectivity index (χ4n) is 0.0781. The fourth-order valence-corrected chi connectivity index (χ4v) is 0.0781. The molecular formula is C7H16ClNO3. The number of carbonyl (C=O) groups is 1. The van der Waals surface area contributed by atoms with Gasteiger partial charge in [0.05, 0.1) is 6.61 Å². The highest BCUT2D eigenvalue weighted by atomic mass is 35.5. The summed E-state index contributed by atoms with van der Waals surface area (Å²) in [5.74, 6) is -1.18. The lowest BCUT2D eigenvalue weighted by Gasteiger charge is -2.01. The van der Waals surface area contributed by atoms with E-state index in [2.05, 4.69) is 0 Å². The molecule has 4 nitrogen and oxygen atoms in total. The topological polar surface area (TPSA) is 83.5 Å². The van der Waals surface area contributed by atoms with Crippen LogP contribution in [0.1, 0.15) is 20.8 Å². The first-order valence-electron chi connectivity index (χ1n) is 3.46. The molecule has 0 unspecified atom stereocenters. The monoisotopic (exact) mass is 197 g/mol. The van der Waals surface area contributed by atoms with Gasteiger partial charge >= 0.3 is 5.97 Å². The van der Waals surface area contributed by atoms with E-state index >= 15 is 0 Å². The summed E-state index contributed by atoms with van der Waals surface area (Å²) in [6.45, 7) is 5.35. The predicted molar refractivity (Wildman–Crippen MR) is 48.3 cm³/mol. The minimum absolute atomic E-state index is 0.0278. The first-order chi connectivity index (χ1) is 5.18. The maximum atomic E-state index is 9.65. The third kappa shape index (κ3) is 22.6. The molecule has 0 heterocycles. The number of aliphatic carboxylic acids is 1. The molecule has 0 bridgehead atoms. The molecule has 0 aromatic rings. The number of carboxylic acids is 1. The quantitative estimate of drug-likeness (QED) is 0.560. The Morgan fingerprint density at radius 1 is 1.58 bits per heavy atom. The molecule has 0 aromatic heterocycles. The summed E-state index contributed by atoms with van der Waals surface area (Å²) in [4.78, 5) is 9.62. The van der Waals surface area contributed by atoms with Crippen LogP contribution in [0.2, 0.25) is 0 Å². The number of hydrogen-bond donors (Lipinski definition) is 3. The maximum absolute atomic E-state index is 9.65. The van der Waals surface area contributed by atoms with Gasteiger partial charge in [0.2, 0.25) is 0 Å². The summed E-state index contributed by atoms with van der Waals surface area (Å²) in [6.07, 6.45) is 0. The summed E-state index contributed by atoms with van der Waals surface area (Å²) in [5, 5.41) is 15.9. The molecule has 0 aliphatic carbocycles. The molecule has 0 saturated heterocycles. The number of alkyl halides is 1. The number of halogens is 1. The highest BCUT2D eigenvalue weighted by molar-refractivity contribution is 6.23. The van der Waals surface area contributed by atoms with Gasteiger partial charge in [-0.3, -0.25) is 4.79 Å². The third-order valence-electron chi connectivity index (χ3n) is 0.514. The first-order valence-corrected chi connectivity index (χ1v) is 3.84. The number of aliphatic hydroxyl groups excluding tert-OH is 1. The molecular weight excluding hydrogens is 182 g/mol. The van der Waals surface area contributed by atoms with Crippen LogP contribution in [0.5, 0.6) is 0 Å². The van der Waals surface area contributed by atoms with Gasteiger partial charge in [0.1, 0.15) is 6.04 Å². The molecule has 0 fully saturated rings. The van der Waals surface area contributed by atoms with Crippen LogP contribution in [0, 0.1) is 0 Å². The van der Waals surface area contributed by atoms with Gasteiger partial charge in [0.25, 0.3) is 0 Å². The second-order valence-corrected chi connectivity index (χ2v) is 4.33. The van der Waals surface area contributed by atoms with Crippen molar-refractivity contribution < 1.29 is 15.0 Å². The molecule has 74 valence electrons. The van der Waals surface area contributed by atoms with Crippen molar-refractivity contribution in [3.05, 3.63) is 0 Å². The van der Waals surface area contributed by atoms with E-state index < -0.39 is 18.6 Å². The van der Waals surface area contributed by atoms with Crippen molar-refractivity contribution in [2.24, 2.45) is 5.73 Å². The Bertz CT molecular complexity index is 127. The lowest BCUT2D eigenvalue weighted by Crippen LogP contribution is -2.33. The summed E-state index contributed by atoms with van der Waals surface area (Å²) in [6, 6.07) is -1.13. The Hall–Kier alpha value is -0.320. The smallest absolute Gasteiger partial charge is 0.322 e.